The van der Waals surface area contributed by atoms with E-state index in [9.17, 15) is 9.59 Å². The van der Waals surface area contributed by atoms with Crippen molar-refractivity contribution in [1.82, 2.24) is 20.0 Å². The lowest BCUT2D eigenvalue weighted by Gasteiger charge is -2.08. The molecule has 1 N–H and O–H groups in total. The largest absolute Gasteiger partial charge is 0.494 e. The highest BCUT2D eigenvalue weighted by Crippen LogP contribution is 2.23. The maximum Gasteiger partial charge on any atom is 0.266 e. The van der Waals surface area contributed by atoms with E-state index in [1.165, 1.54) is 10.9 Å². The SMILES string of the molecule is CCOc1ccc(CNC(=O)CCn2cnc3onc(-c4ccccc4)c3c2=O)cc1. The van der Waals surface area contributed by atoms with E-state index in [1.807, 2.05) is 61.5 Å². The van der Waals surface area contributed by atoms with Gasteiger partial charge in [-0.3, -0.25) is 14.2 Å². The van der Waals surface area contributed by atoms with Gasteiger partial charge in [-0.25, -0.2) is 4.98 Å². The maximum absolute atomic E-state index is 12.9. The molecule has 1 amide bonds. The van der Waals surface area contributed by atoms with Crippen molar-refractivity contribution in [2.75, 3.05) is 6.61 Å². The van der Waals surface area contributed by atoms with Gasteiger partial charge in [-0.05, 0) is 24.6 Å². The lowest BCUT2D eigenvalue weighted by atomic mass is 10.1. The van der Waals surface area contributed by atoms with Crippen LogP contribution in [0.15, 0.2) is 70.2 Å². The lowest BCUT2D eigenvalue weighted by Crippen LogP contribution is -2.27. The minimum Gasteiger partial charge on any atom is -0.494 e. The summed E-state index contributed by atoms with van der Waals surface area (Å²) in [6.07, 6.45) is 1.53. The minimum absolute atomic E-state index is 0.149. The monoisotopic (exact) mass is 418 g/mol. The molecule has 2 aromatic heterocycles. The Morgan fingerprint density at radius 3 is 2.65 bits per heavy atom. The van der Waals surface area contributed by atoms with E-state index in [1.54, 1.807) is 0 Å². The highest BCUT2D eigenvalue weighted by Gasteiger charge is 2.17. The van der Waals surface area contributed by atoms with Crippen molar-refractivity contribution in [3.63, 3.8) is 0 Å². The number of carbonyl (C=O) groups excluding carboxylic acids is 1. The molecule has 31 heavy (non-hydrogen) atoms. The summed E-state index contributed by atoms with van der Waals surface area (Å²) in [5, 5.41) is 7.18. The highest BCUT2D eigenvalue weighted by molar-refractivity contribution is 5.88. The molecule has 0 fully saturated rings. The molecule has 2 heterocycles. The quantitative estimate of drug-likeness (QED) is 0.472. The summed E-state index contributed by atoms with van der Waals surface area (Å²) in [7, 11) is 0. The summed E-state index contributed by atoms with van der Waals surface area (Å²) < 4.78 is 12.0. The number of nitrogens with one attached hydrogen (secondary N) is 1. The van der Waals surface area contributed by atoms with E-state index < -0.39 is 0 Å². The van der Waals surface area contributed by atoms with E-state index in [4.69, 9.17) is 9.26 Å². The van der Waals surface area contributed by atoms with E-state index in [-0.39, 0.29) is 30.1 Å². The van der Waals surface area contributed by atoms with Gasteiger partial charge in [0.2, 0.25) is 5.91 Å². The van der Waals surface area contributed by atoms with Crippen LogP contribution in [0.4, 0.5) is 0 Å². The number of amides is 1. The Bertz CT molecular complexity index is 1230. The van der Waals surface area contributed by atoms with Gasteiger partial charge in [-0.15, -0.1) is 0 Å². The predicted molar refractivity (Wildman–Crippen MR) is 116 cm³/mol. The summed E-state index contributed by atoms with van der Waals surface area (Å²) in [5.41, 5.74) is 2.08. The molecule has 8 nitrogen and oxygen atoms in total. The van der Waals surface area contributed by atoms with Crippen molar-refractivity contribution in [2.24, 2.45) is 0 Å². The highest BCUT2D eigenvalue weighted by atomic mass is 16.5. The number of ether oxygens (including phenoxy) is 1. The third-order valence-corrected chi connectivity index (χ3v) is 4.81. The van der Waals surface area contributed by atoms with Crippen LogP contribution in [-0.2, 0) is 17.9 Å². The average molecular weight is 418 g/mol. The zero-order valence-corrected chi connectivity index (χ0v) is 17.1. The van der Waals surface area contributed by atoms with Crippen LogP contribution in [0.25, 0.3) is 22.4 Å². The molecule has 0 aliphatic rings. The zero-order chi connectivity index (χ0) is 21.6. The summed E-state index contributed by atoms with van der Waals surface area (Å²) in [4.78, 5) is 29.4. The number of benzene rings is 2. The molecule has 0 aliphatic carbocycles. The first kappa shape index (κ1) is 20.3. The molecule has 0 bridgehead atoms. The van der Waals surface area contributed by atoms with Crippen molar-refractivity contribution in [3.8, 4) is 17.0 Å². The van der Waals surface area contributed by atoms with Crippen LogP contribution in [0.5, 0.6) is 5.75 Å². The van der Waals surface area contributed by atoms with Gasteiger partial charge >= 0.3 is 0 Å². The molecule has 4 rings (SSSR count). The number of aromatic nitrogens is 3. The summed E-state index contributed by atoms with van der Waals surface area (Å²) in [6, 6.07) is 16.9. The van der Waals surface area contributed by atoms with Crippen molar-refractivity contribution < 1.29 is 14.1 Å². The number of nitrogens with zero attached hydrogens (tertiary/aromatic N) is 3. The summed E-state index contributed by atoms with van der Waals surface area (Å²) in [6.45, 7) is 3.15. The normalized spacial score (nSPS) is 10.9. The van der Waals surface area contributed by atoms with E-state index in [2.05, 4.69) is 15.5 Å². The van der Waals surface area contributed by atoms with Crippen molar-refractivity contribution in [3.05, 3.63) is 76.8 Å². The Balaban J connectivity index is 1.41. The zero-order valence-electron chi connectivity index (χ0n) is 17.1. The second-order valence-corrected chi connectivity index (χ2v) is 6.92. The second-order valence-electron chi connectivity index (χ2n) is 6.92. The maximum atomic E-state index is 12.9. The summed E-state index contributed by atoms with van der Waals surface area (Å²) >= 11 is 0. The van der Waals surface area contributed by atoms with Crippen molar-refractivity contribution in [1.29, 1.82) is 0 Å². The fourth-order valence-corrected chi connectivity index (χ4v) is 3.21. The topological polar surface area (TPSA) is 99.2 Å². The van der Waals surface area contributed by atoms with Crippen LogP contribution >= 0.6 is 0 Å². The molecular formula is C23H22N4O4. The number of rotatable bonds is 8. The third-order valence-electron chi connectivity index (χ3n) is 4.81. The van der Waals surface area contributed by atoms with Crippen LogP contribution in [0, 0.1) is 0 Å². The molecular weight excluding hydrogens is 396 g/mol. The molecule has 158 valence electrons. The first-order chi connectivity index (χ1) is 15.2. The first-order valence-corrected chi connectivity index (χ1v) is 10.0. The fraction of sp³-hybridized carbons (Fsp3) is 0.217. The van der Waals surface area contributed by atoms with Gasteiger partial charge in [-0.1, -0.05) is 47.6 Å². The van der Waals surface area contributed by atoms with Gasteiger partial charge in [0, 0.05) is 25.1 Å². The molecule has 8 heteroatoms. The molecule has 0 atom stereocenters. The molecule has 0 saturated heterocycles. The Morgan fingerprint density at radius 1 is 1.13 bits per heavy atom. The second kappa shape index (κ2) is 9.25. The van der Waals surface area contributed by atoms with Crippen LogP contribution in [0.2, 0.25) is 0 Å². The van der Waals surface area contributed by atoms with Crippen LogP contribution in [0.1, 0.15) is 18.9 Å². The average Bonchev–Trinajstić information content (AvgIpc) is 3.24. The van der Waals surface area contributed by atoms with E-state index >= 15 is 0 Å². The standard InChI is InChI=1S/C23H22N4O4/c1-2-30-18-10-8-16(9-11-18)14-24-19(28)12-13-27-15-25-22-20(23(27)29)21(26-31-22)17-6-4-3-5-7-17/h3-11,15H,2,12-14H2,1H3,(H,24,28). The smallest absolute Gasteiger partial charge is 0.266 e. The van der Waals surface area contributed by atoms with Crippen molar-refractivity contribution in [2.45, 2.75) is 26.4 Å². The van der Waals surface area contributed by atoms with Crippen LogP contribution < -0.4 is 15.6 Å². The Kier molecular flexibility index (Phi) is 6.07. The first-order valence-electron chi connectivity index (χ1n) is 10.0. The molecule has 0 aliphatic heterocycles. The van der Waals surface area contributed by atoms with Gasteiger partial charge in [0.15, 0.2) is 0 Å². The summed E-state index contributed by atoms with van der Waals surface area (Å²) in [5.74, 6) is 0.637. The van der Waals surface area contributed by atoms with Gasteiger partial charge in [0.1, 0.15) is 23.2 Å². The molecule has 2 aromatic carbocycles. The van der Waals surface area contributed by atoms with Gasteiger partial charge in [0.05, 0.1) is 6.61 Å². The lowest BCUT2D eigenvalue weighted by molar-refractivity contribution is -0.121. The molecule has 0 saturated carbocycles. The van der Waals surface area contributed by atoms with Gasteiger partial charge < -0.3 is 14.6 Å². The molecule has 4 aromatic rings. The minimum atomic E-state index is -0.288. The number of aryl methyl sites for hydroxylation is 1. The Morgan fingerprint density at radius 2 is 1.90 bits per heavy atom. The van der Waals surface area contributed by atoms with E-state index in [0.29, 0.717) is 24.2 Å². The van der Waals surface area contributed by atoms with Crippen LogP contribution in [0.3, 0.4) is 0 Å². The number of fused-ring (bicyclic) bond motifs is 1. The van der Waals surface area contributed by atoms with Crippen molar-refractivity contribution >= 4 is 17.0 Å². The van der Waals surface area contributed by atoms with Gasteiger partial charge in [-0.2, -0.15) is 0 Å². The molecule has 0 unspecified atom stereocenters. The van der Waals surface area contributed by atoms with Crippen LogP contribution in [-0.4, -0.2) is 27.2 Å². The Hall–Kier alpha value is -3.94. The predicted octanol–water partition coefficient (Wildman–Crippen LogP) is 3.16. The fourth-order valence-electron chi connectivity index (χ4n) is 3.21. The number of hydrogen-bond acceptors (Lipinski definition) is 6. The third kappa shape index (κ3) is 4.63. The Labute approximate surface area is 178 Å². The van der Waals surface area contributed by atoms with E-state index in [0.717, 1.165) is 16.9 Å². The van der Waals surface area contributed by atoms with Gasteiger partial charge in [0.25, 0.3) is 11.3 Å². The molecule has 0 radical (unpaired) electrons. The molecule has 0 spiro atoms. The number of hydrogen-bond donors (Lipinski definition) is 1. The number of carbonyl (C=O) groups is 1.